The average molecular weight is 196 g/mol. The summed E-state index contributed by atoms with van der Waals surface area (Å²) in [6, 6.07) is 0.127. The minimum Gasteiger partial charge on any atom is -0.341 e. The number of rotatable bonds is 1. The van der Waals surface area contributed by atoms with E-state index in [1.807, 2.05) is 4.90 Å². The van der Waals surface area contributed by atoms with E-state index in [0.717, 1.165) is 26.1 Å². The van der Waals surface area contributed by atoms with Crippen molar-refractivity contribution in [2.24, 2.45) is 0 Å². The van der Waals surface area contributed by atoms with Crippen LogP contribution in [0.3, 0.4) is 0 Å². The number of hydrogen-bond acceptors (Lipinski definition) is 2. The highest BCUT2D eigenvalue weighted by Crippen LogP contribution is 2.14. The Morgan fingerprint density at radius 2 is 1.86 bits per heavy atom. The lowest BCUT2D eigenvalue weighted by atomic mass is 10.0. The second-order valence-electron chi connectivity index (χ2n) is 4.39. The molecule has 3 heteroatoms. The maximum atomic E-state index is 12.0. The first-order valence-corrected chi connectivity index (χ1v) is 5.90. The molecule has 1 N–H and O–H groups in total. The zero-order valence-corrected chi connectivity index (χ0v) is 8.80. The van der Waals surface area contributed by atoms with Crippen molar-refractivity contribution in [2.75, 3.05) is 19.6 Å². The van der Waals surface area contributed by atoms with Gasteiger partial charge in [0.2, 0.25) is 5.91 Å². The molecule has 2 aliphatic heterocycles. The predicted molar refractivity (Wildman–Crippen MR) is 56.1 cm³/mol. The van der Waals surface area contributed by atoms with Gasteiger partial charge < -0.3 is 10.2 Å². The lowest BCUT2D eigenvalue weighted by molar-refractivity contribution is -0.134. The minimum atomic E-state index is 0.127. The molecule has 0 saturated carbocycles. The highest BCUT2D eigenvalue weighted by molar-refractivity contribution is 5.82. The van der Waals surface area contributed by atoms with Crippen LogP contribution in [-0.4, -0.2) is 36.5 Å². The van der Waals surface area contributed by atoms with Gasteiger partial charge in [0.1, 0.15) is 0 Å². The molecule has 80 valence electrons. The molecule has 2 rings (SSSR count). The normalized spacial score (nSPS) is 28.9. The van der Waals surface area contributed by atoms with Crippen molar-refractivity contribution < 1.29 is 4.79 Å². The number of piperidine rings is 2. The fourth-order valence-corrected chi connectivity index (χ4v) is 2.40. The highest BCUT2D eigenvalue weighted by atomic mass is 16.2. The van der Waals surface area contributed by atoms with Gasteiger partial charge in [-0.05, 0) is 38.6 Å². The number of carbonyl (C=O) groups excluding carboxylic acids is 1. The smallest absolute Gasteiger partial charge is 0.239 e. The minimum absolute atomic E-state index is 0.127. The number of nitrogens with zero attached hydrogens (tertiary/aromatic N) is 1. The van der Waals surface area contributed by atoms with Gasteiger partial charge in [0.05, 0.1) is 6.04 Å². The van der Waals surface area contributed by atoms with Crippen molar-refractivity contribution in [1.29, 1.82) is 0 Å². The molecule has 2 aliphatic rings. The van der Waals surface area contributed by atoms with Crippen LogP contribution >= 0.6 is 0 Å². The second kappa shape index (κ2) is 4.78. The number of carbonyl (C=O) groups is 1. The lowest BCUT2D eigenvalue weighted by Gasteiger charge is -2.32. The summed E-state index contributed by atoms with van der Waals surface area (Å²) in [5.41, 5.74) is 0. The standard InChI is InChI=1S/C11H20N2O/c14-11(10-6-2-3-7-12-10)13-8-4-1-5-9-13/h10,12H,1-9H2. The van der Waals surface area contributed by atoms with Crippen LogP contribution in [0.1, 0.15) is 38.5 Å². The first-order chi connectivity index (χ1) is 6.88. The Hall–Kier alpha value is -0.570. The third kappa shape index (κ3) is 2.27. The van der Waals surface area contributed by atoms with E-state index in [0.29, 0.717) is 5.91 Å². The molecule has 0 spiro atoms. The lowest BCUT2D eigenvalue weighted by Crippen LogP contribution is -2.49. The summed E-state index contributed by atoms with van der Waals surface area (Å²) in [6.45, 7) is 2.98. The van der Waals surface area contributed by atoms with E-state index in [4.69, 9.17) is 0 Å². The number of hydrogen-bond donors (Lipinski definition) is 1. The largest absolute Gasteiger partial charge is 0.341 e. The van der Waals surface area contributed by atoms with E-state index in [1.165, 1.54) is 32.1 Å². The van der Waals surface area contributed by atoms with E-state index in [2.05, 4.69) is 5.32 Å². The van der Waals surface area contributed by atoms with Crippen LogP contribution < -0.4 is 5.32 Å². The molecule has 0 aromatic heterocycles. The van der Waals surface area contributed by atoms with Crippen LogP contribution in [0.5, 0.6) is 0 Å². The topological polar surface area (TPSA) is 32.3 Å². The Balaban J connectivity index is 1.85. The Morgan fingerprint density at radius 1 is 1.07 bits per heavy atom. The van der Waals surface area contributed by atoms with E-state index in [-0.39, 0.29) is 6.04 Å². The third-order valence-electron chi connectivity index (χ3n) is 3.28. The predicted octanol–water partition coefficient (Wildman–Crippen LogP) is 1.14. The zero-order valence-electron chi connectivity index (χ0n) is 8.80. The summed E-state index contributed by atoms with van der Waals surface area (Å²) in [7, 11) is 0. The molecule has 14 heavy (non-hydrogen) atoms. The van der Waals surface area contributed by atoms with Gasteiger partial charge in [0.25, 0.3) is 0 Å². The molecule has 1 atom stereocenters. The Bertz CT molecular complexity index is 173. The van der Waals surface area contributed by atoms with E-state index >= 15 is 0 Å². The van der Waals surface area contributed by atoms with Gasteiger partial charge in [0, 0.05) is 13.1 Å². The molecule has 0 aromatic rings. The fraction of sp³-hybridized carbons (Fsp3) is 0.909. The van der Waals surface area contributed by atoms with E-state index < -0.39 is 0 Å². The molecule has 1 amide bonds. The molecule has 2 heterocycles. The summed E-state index contributed by atoms with van der Waals surface area (Å²) in [6.07, 6.45) is 7.15. The molecule has 0 radical (unpaired) electrons. The second-order valence-corrected chi connectivity index (χ2v) is 4.39. The molecular formula is C11H20N2O. The number of nitrogens with one attached hydrogen (secondary N) is 1. The Morgan fingerprint density at radius 3 is 2.50 bits per heavy atom. The van der Waals surface area contributed by atoms with Gasteiger partial charge in [0.15, 0.2) is 0 Å². The molecule has 2 saturated heterocycles. The number of likely N-dealkylation sites (tertiary alicyclic amines) is 1. The maximum absolute atomic E-state index is 12.0. The summed E-state index contributed by atoms with van der Waals surface area (Å²) >= 11 is 0. The first kappa shape index (κ1) is 9.97. The molecule has 3 nitrogen and oxygen atoms in total. The van der Waals surface area contributed by atoms with Crippen molar-refractivity contribution in [3.05, 3.63) is 0 Å². The van der Waals surface area contributed by atoms with Crippen LogP contribution in [0.2, 0.25) is 0 Å². The van der Waals surface area contributed by atoms with Crippen LogP contribution in [0.15, 0.2) is 0 Å². The van der Waals surface area contributed by atoms with Gasteiger partial charge in [-0.1, -0.05) is 6.42 Å². The van der Waals surface area contributed by atoms with Crippen LogP contribution in [0, 0.1) is 0 Å². The molecule has 2 fully saturated rings. The fourth-order valence-electron chi connectivity index (χ4n) is 2.40. The third-order valence-corrected chi connectivity index (χ3v) is 3.28. The highest BCUT2D eigenvalue weighted by Gasteiger charge is 2.26. The SMILES string of the molecule is O=C(C1CCCCN1)N1CCCCC1. The molecule has 0 bridgehead atoms. The summed E-state index contributed by atoms with van der Waals surface area (Å²) in [4.78, 5) is 14.1. The molecule has 0 aromatic carbocycles. The maximum Gasteiger partial charge on any atom is 0.239 e. The van der Waals surface area contributed by atoms with Gasteiger partial charge in [-0.25, -0.2) is 0 Å². The Labute approximate surface area is 85.8 Å². The summed E-state index contributed by atoms with van der Waals surface area (Å²) in [5, 5.41) is 3.32. The average Bonchev–Trinajstić information content (AvgIpc) is 2.30. The van der Waals surface area contributed by atoms with Crippen molar-refractivity contribution >= 4 is 5.91 Å². The quantitative estimate of drug-likeness (QED) is 0.682. The molecule has 1 unspecified atom stereocenters. The van der Waals surface area contributed by atoms with E-state index in [1.54, 1.807) is 0 Å². The Kier molecular flexibility index (Phi) is 3.40. The van der Waals surface area contributed by atoms with Gasteiger partial charge >= 0.3 is 0 Å². The van der Waals surface area contributed by atoms with Crippen molar-refractivity contribution in [2.45, 2.75) is 44.6 Å². The van der Waals surface area contributed by atoms with Gasteiger partial charge in [-0.15, -0.1) is 0 Å². The van der Waals surface area contributed by atoms with Crippen LogP contribution in [-0.2, 0) is 4.79 Å². The van der Waals surface area contributed by atoms with Crippen LogP contribution in [0.25, 0.3) is 0 Å². The first-order valence-electron chi connectivity index (χ1n) is 5.90. The molecule has 0 aliphatic carbocycles. The van der Waals surface area contributed by atoms with Crippen LogP contribution in [0.4, 0.5) is 0 Å². The zero-order chi connectivity index (χ0) is 9.80. The summed E-state index contributed by atoms with van der Waals surface area (Å²) in [5.74, 6) is 0.351. The summed E-state index contributed by atoms with van der Waals surface area (Å²) < 4.78 is 0. The van der Waals surface area contributed by atoms with E-state index in [9.17, 15) is 4.79 Å². The number of amides is 1. The van der Waals surface area contributed by atoms with Crippen molar-refractivity contribution in [3.8, 4) is 0 Å². The van der Waals surface area contributed by atoms with Crippen molar-refractivity contribution in [3.63, 3.8) is 0 Å². The van der Waals surface area contributed by atoms with Gasteiger partial charge in [-0.2, -0.15) is 0 Å². The molecular weight excluding hydrogens is 176 g/mol. The van der Waals surface area contributed by atoms with Crippen molar-refractivity contribution in [1.82, 2.24) is 10.2 Å². The van der Waals surface area contributed by atoms with Gasteiger partial charge in [-0.3, -0.25) is 4.79 Å². The monoisotopic (exact) mass is 196 g/mol.